The number of aromatic nitrogens is 2. The first-order valence-electron chi connectivity index (χ1n) is 7.49. The zero-order valence-electron chi connectivity index (χ0n) is 12.3. The summed E-state index contributed by atoms with van der Waals surface area (Å²) in [7, 11) is 0. The largest absolute Gasteiger partial charge is 0.418 e. The topological polar surface area (TPSA) is 42.2 Å². The maximum absolute atomic E-state index is 5.92. The predicted octanol–water partition coefficient (Wildman–Crippen LogP) is 4.76. The minimum absolute atomic E-state index is 0.149. The highest BCUT2D eigenvalue weighted by Gasteiger charge is 2.33. The molecule has 0 aromatic carbocycles. The summed E-state index contributed by atoms with van der Waals surface area (Å²) in [5, 5.41) is 12.7. The second kappa shape index (κ2) is 5.95. The fraction of sp³-hybridized carbons (Fsp3) is 0.375. The van der Waals surface area contributed by atoms with Crippen molar-refractivity contribution < 1.29 is 4.42 Å². The van der Waals surface area contributed by atoms with Crippen LogP contribution in [0.15, 0.2) is 39.4 Å². The van der Waals surface area contributed by atoms with Gasteiger partial charge in [0, 0.05) is 10.9 Å². The van der Waals surface area contributed by atoms with Gasteiger partial charge in [-0.2, -0.15) is 0 Å². The number of thiophene rings is 2. The number of likely N-dealkylation sites (tertiary alicyclic amines) is 1. The van der Waals surface area contributed by atoms with E-state index in [-0.39, 0.29) is 6.04 Å². The molecule has 22 heavy (non-hydrogen) atoms. The standard InChI is InChI=1S/C16H17N3OS2/c1-11(15-17-18-16(20-15)14-7-4-10-22-14)19-8-2-5-12(19)13-6-3-9-21-13/h3-4,6-7,9-12H,2,5,8H2,1H3/t11-,12-/m0/s1. The van der Waals surface area contributed by atoms with E-state index in [1.165, 1.54) is 17.7 Å². The summed E-state index contributed by atoms with van der Waals surface area (Å²) in [5.74, 6) is 1.34. The van der Waals surface area contributed by atoms with Crippen molar-refractivity contribution in [3.63, 3.8) is 0 Å². The van der Waals surface area contributed by atoms with Crippen LogP contribution in [-0.4, -0.2) is 21.6 Å². The summed E-state index contributed by atoms with van der Waals surface area (Å²) < 4.78 is 5.92. The third kappa shape index (κ3) is 2.51. The Labute approximate surface area is 137 Å². The van der Waals surface area contributed by atoms with Gasteiger partial charge >= 0.3 is 0 Å². The van der Waals surface area contributed by atoms with Crippen LogP contribution in [0.5, 0.6) is 0 Å². The molecule has 0 radical (unpaired) electrons. The van der Waals surface area contributed by atoms with E-state index in [0.717, 1.165) is 11.4 Å². The van der Waals surface area contributed by atoms with E-state index in [2.05, 4.69) is 39.5 Å². The second-order valence-electron chi connectivity index (χ2n) is 5.51. The molecule has 1 fully saturated rings. The van der Waals surface area contributed by atoms with Crippen LogP contribution in [0.3, 0.4) is 0 Å². The second-order valence-corrected chi connectivity index (χ2v) is 7.44. The lowest BCUT2D eigenvalue weighted by Gasteiger charge is -2.27. The van der Waals surface area contributed by atoms with Gasteiger partial charge in [0.2, 0.25) is 5.89 Å². The van der Waals surface area contributed by atoms with Gasteiger partial charge in [0.05, 0.1) is 10.9 Å². The third-order valence-corrected chi connectivity index (χ3v) is 6.02. The Hall–Kier alpha value is -1.50. The van der Waals surface area contributed by atoms with Crippen molar-refractivity contribution in [2.24, 2.45) is 0 Å². The molecule has 114 valence electrons. The molecule has 0 spiro atoms. The average molecular weight is 331 g/mol. The van der Waals surface area contributed by atoms with Gasteiger partial charge in [-0.15, -0.1) is 32.9 Å². The Kier molecular flexibility index (Phi) is 3.82. The molecule has 2 atom stereocenters. The van der Waals surface area contributed by atoms with Crippen molar-refractivity contribution in [3.05, 3.63) is 45.8 Å². The van der Waals surface area contributed by atoms with E-state index >= 15 is 0 Å². The molecule has 0 saturated carbocycles. The van der Waals surface area contributed by atoms with E-state index in [1.807, 2.05) is 28.8 Å². The maximum Gasteiger partial charge on any atom is 0.257 e. The van der Waals surface area contributed by atoms with E-state index in [1.54, 1.807) is 11.3 Å². The molecule has 3 aromatic heterocycles. The van der Waals surface area contributed by atoms with Crippen LogP contribution in [-0.2, 0) is 0 Å². The molecule has 0 bridgehead atoms. The summed E-state index contributed by atoms with van der Waals surface area (Å²) in [6, 6.07) is 8.99. The molecule has 0 N–H and O–H groups in total. The zero-order valence-corrected chi connectivity index (χ0v) is 13.9. The molecule has 0 aliphatic carbocycles. The van der Waals surface area contributed by atoms with Gasteiger partial charge < -0.3 is 4.42 Å². The number of nitrogens with zero attached hydrogens (tertiary/aromatic N) is 3. The van der Waals surface area contributed by atoms with Gasteiger partial charge in [-0.3, -0.25) is 4.90 Å². The van der Waals surface area contributed by atoms with Crippen LogP contribution >= 0.6 is 22.7 Å². The Morgan fingerprint density at radius 2 is 2.09 bits per heavy atom. The minimum Gasteiger partial charge on any atom is -0.418 e. The smallest absolute Gasteiger partial charge is 0.257 e. The summed E-state index contributed by atoms with van der Waals surface area (Å²) in [6.07, 6.45) is 2.43. The fourth-order valence-corrected chi connectivity index (χ4v) is 4.61. The van der Waals surface area contributed by atoms with Crippen LogP contribution in [0.25, 0.3) is 10.8 Å². The summed E-state index contributed by atoms with van der Waals surface area (Å²) in [6.45, 7) is 3.25. The average Bonchev–Trinajstić information content (AvgIpc) is 3.35. The molecule has 4 nitrogen and oxygen atoms in total. The first-order valence-corrected chi connectivity index (χ1v) is 9.25. The van der Waals surface area contributed by atoms with Gasteiger partial charge in [-0.1, -0.05) is 12.1 Å². The Morgan fingerprint density at radius 1 is 1.23 bits per heavy atom. The maximum atomic E-state index is 5.92. The number of hydrogen-bond donors (Lipinski definition) is 0. The molecule has 6 heteroatoms. The molecule has 0 amide bonds. The molecule has 1 saturated heterocycles. The van der Waals surface area contributed by atoms with E-state index in [4.69, 9.17) is 4.42 Å². The zero-order chi connectivity index (χ0) is 14.9. The predicted molar refractivity (Wildman–Crippen MR) is 89.0 cm³/mol. The van der Waals surface area contributed by atoms with Gasteiger partial charge in [-0.25, -0.2) is 0 Å². The van der Waals surface area contributed by atoms with Crippen molar-refractivity contribution >= 4 is 22.7 Å². The van der Waals surface area contributed by atoms with Crippen LogP contribution in [0, 0.1) is 0 Å². The highest BCUT2D eigenvalue weighted by atomic mass is 32.1. The fourth-order valence-electron chi connectivity index (χ4n) is 3.08. The first kappa shape index (κ1) is 14.1. The molecule has 4 heterocycles. The van der Waals surface area contributed by atoms with Crippen LogP contribution in [0.4, 0.5) is 0 Å². The van der Waals surface area contributed by atoms with Crippen LogP contribution in [0.2, 0.25) is 0 Å². The van der Waals surface area contributed by atoms with E-state index in [0.29, 0.717) is 17.8 Å². The molecular weight excluding hydrogens is 314 g/mol. The monoisotopic (exact) mass is 331 g/mol. The van der Waals surface area contributed by atoms with Crippen molar-refractivity contribution in [1.29, 1.82) is 0 Å². The lowest BCUT2D eigenvalue weighted by atomic mass is 10.1. The SMILES string of the molecule is C[C@@H](c1nnc(-c2cccs2)o1)N1CCC[C@H]1c1cccs1. The Morgan fingerprint density at radius 3 is 2.86 bits per heavy atom. The van der Waals surface area contributed by atoms with Gasteiger partial charge in [0.15, 0.2) is 0 Å². The van der Waals surface area contributed by atoms with Gasteiger partial charge in [0.25, 0.3) is 5.89 Å². The van der Waals surface area contributed by atoms with Gasteiger partial charge in [0.1, 0.15) is 0 Å². The van der Waals surface area contributed by atoms with E-state index < -0.39 is 0 Å². The normalized spacial score (nSPS) is 20.5. The number of rotatable bonds is 4. The Balaban J connectivity index is 1.57. The summed E-state index contributed by atoms with van der Waals surface area (Å²) in [4.78, 5) is 4.95. The molecule has 4 rings (SSSR count). The van der Waals surface area contributed by atoms with Crippen molar-refractivity contribution in [1.82, 2.24) is 15.1 Å². The quantitative estimate of drug-likeness (QED) is 0.691. The minimum atomic E-state index is 0.149. The lowest BCUT2D eigenvalue weighted by Crippen LogP contribution is -2.26. The number of hydrogen-bond acceptors (Lipinski definition) is 6. The summed E-state index contributed by atoms with van der Waals surface area (Å²) >= 11 is 3.46. The molecule has 1 aliphatic heterocycles. The van der Waals surface area contributed by atoms with Crippen LogP contribution in [0.1, 0.15) is 42.6 Å². The molecular formula is C16H17N3OS2. The van der Waals surface area contributed by atoms with Crippen LogP contribution < -0.4 is 0 Å². The Bertz CT molecular complexity index is 721. The first-order chi connectivity index (χ1) is 10.8. The molecule has 3 aromatic rings. The molecule has 1 aliphatic rings. The molecule has 0 unspecified atom stereocenters. The highest BCUT2D eigenvalue weighted by Crippen LogP contribution is 2.40. The van der Waals surface area contributed by atoms with Gasteiger partial charge in [-0.05, 0) is 49.2 Å². The van der Waals surface area contributed by atoms with E-state index in [9.17, 15) is 0 Å². The van der Waals surface area contributed by atoms with Crippen molar-refractivity contribution in [2.45, 2.75) is 31.8 Å². The third-order valence-electron chi connectivity index (χ3n) is 4.19. The lowest BCUT2D eigenvalue weighted by molar-refractivity contribution is 0.170. The summed E-state index contributed by atoms with van der Waals surface area (Å²) in [5.41, 5.74) is 0. The highest BCUT2D eigenvalue weighted by molar-refractivity contribution is 7.13. The van der Waals surface area contributed by atoms with Crippen molar-refractivity contribution in [3.8, 4) is 10.8 Å². The van der Waals surface area contributed by atoms with Crippen molar-refractivity contribution in [2.75, 3.05) is 6.54 Å².